The monoisotopic (exact) mass is 352 g/mol. The van der Waals surface area contributed by atoms with Crippen molar-refractivity contribution in [3.05, 3.63) is 78.9 Å². The number of carbonyl (C=O) groups is 1. The van der Waals surface area contributed by atoms with Gasteiger partial charge < -0.3 is 4.74 Å². The maximum atomic E-state index is 12.9. The topological polar surface area (TPSA) is 26.3 Å². The normalized spacial score (nSPS) is 15.0. The zero-order chi connectivity index (χ0) is 18.5. The van der Waals surface area contributed by atoms with Gasteiger partial charge in [-0.05, 0) is 24.4 Å². The third-order valence-corrected chi connectivity index (χ3v) is 9.46. The van der Waals surface area contributed by atoms with Gasteiger partial charge in [-0.25, -0.2) is 0 Å². The van der Waals surface area contributed by atoms with Crippen molar-refractivity contribution in [3.63, 3.8) is 0 Å². The Morgan fingerprint density at radius 1 is 1.12 bits per heavy atom. The molecule has 3 heteroatoms. The second kappa shape index (κ2) is 7.83. The Hall–Kier alpha value is -2.13. The maximum absolute atomic E-state index is 12.9. The Kier molecular flexibility index (Phi) is 6.01. The molecule has 0 heterocycles. The molecule has 2 rings (SSSR count). The van der Waals surface area contributed by atoms with Crippen LogP contribution in [0.1, 0.15) is 24.4 Å². The predicted octanol–water partition coefficient (Wildman–Crippen LogP) is 4.68. The van der Waals surface area contributed by atoms with Crippen LogP contribution in [0.15, 0.2) is 73.3 Å². The van der Waals surface area contributed by atoms with Crippen LogP contribution in [0, 0.1) is 5.41 Å². The van der Waals surface area contributed by atoms with Crippen molar-refractivity contribution >= 4 is 19.2 Å². The van der Waals surface area contributed by atoms with Gasteiger partial charge in [-0.2, -0.15) is 0 Å². The van der Waals surface area contributed by atoms with Gasteiger partial charge in [-0.15, -0.1) is 6.58 Å². The summed E-state index contributed by atoms with van der Waals surface area (Å²) in [5.41, 5.74) is 0.621. The number of hydrogen-bond donors (Lipinski definition) is 0. The highest BCUT2D eigenvalue weighted by Gasteiger charge is 2.50. The number of allylic oxidation sites excluding steroid dienone is 1. The minimum atomic E-state index is -2.05. The first kappa shape index (κ1) is 19.2. The summed E-state index contributed by atoms with van der Waals surface area (Å²) in [5, 5.41) is 1.34. The Labute approximate surface area is 152 Å². The van der Waals surface area contributed by atoms with Crippen molar-refractivity contribution in [1.29, 1.82) is 0 Å². The lowest BCUT2D eigenvalue weighted by Gasteiger charge is -2.44. The number of carbonyl (C=O) groups excluding carboxylic acids is 1. The first-order chi connectivity index (χ1) is 11.9. The fraction of sp³-hybridized carbons (Fsp3) is 0.318. The van der Waals surface area contributed by atoms with E-state index in [1.807, 2.05) is 37.3 Å². The van der Waals surface area contributed by atoms with E-state index in [4.69, 9.17) is 4.74 Å². The van der Waals surface area contributed by atoms with Crippen molar-refractivity contribution in [2.45, 2.75) is 32.0 Å². The lowest BCUT2D eigenvalue weighted by molar-refractivity contribution is -0.152. The third kappa shape index (κ3) is 3.77. The van der Waals surface area contributed by atoms with Crippen LogP contribution >= 0.6 is 0 Å². The summed E-state index contributed by atoms with van der Waals surface area (Å²) in [6.07, 6.45) is 2.42. The molecule has 0 aliphatic rings. The zero-order valence-electron chi connectivity index (χ0n) is 15.7. The SMILES string of the molecule is C=CCC(C)(C(=O)OC)[C@H](c1ccccc1)[Si](C)(C)c1ccccc1. The van der Waals surface area contributed by atoms with Crippen molar-refractivity contribution in [3.8, 4) is 0 Å². The molecule has 0 aliphatic carbocycles. The molecule has 0 radical (unpaired) electrons. The minimum absolute atomic E-state index is 0.0778. The molecule has 1 unspecified atom stereocenters. The third-order valence-electron chi connectivity index (χ3n) is 5.23. The molecule has 0 aliphatic heterocycles. The Morgan fingerprint density at radius 2 is 1.64 bits per heavy atom. The van der Waals surface area contributed by atoms with Crippen molar-refractivity contribution in [2.24, 2.45) is 5.41 Å². The first-order valence-corrected chi connectivity index (χ1v) is 11.8. The van der Waals surface area contributed by atoms with E-state index in [2.05, 4.69) is 56.1 Å². The van der Waals surface area contributed by atoms with Gasteiger partial charge in [0, 0.05) is 0 Å². The molecule has 0 aromatic heterocycles. The van der Waals surface area contributed by atoms with Gasteiger partial charge in [0.2, 0.25) is 0 Å². The molecule has 0 spiro atoms. The average Bonchev–Trinajstić information content (AvgIpc) is 2.62. The van der Waals surface area contributed by atoms with Gasteiger partial charge in [-0.3, -0.25) is 4.79 Å². The predicted molar refractivity (Wildman–Crippen MR) is 108 cm³/mol. The summed E-state index contributed by atoms with van der Waals surface area (Å²) in [6, 6.07) is 20.9. The highest BCUT2D eigenvalue weighted by Crippen LogP contribution is 2.45. The number of benzene rings is 2. The summed E-state index contributed by atoms with van der Waals surface area (Å²) < 4.78 is 5.24. The van der Waals surface area contributed by atoms with Crippen molar-refractivity contribution in [1.82, 2.24) is 0 Å². The average molecular weight is 353 g/mol. The van der Waals surface area contributed by atoms with Crippen LogP contribution in [-0.4, -0.2) is 21.2 Å². The molecule has 0 fully saturated rings. The molecular weight excluding hydrogens is 324 g/mol. The molecule has 2 aromatic rings. The fourth-order valence-corrected chi connectivity index (χ4v) is 8.35. The highest BCUT2D eigenvalue weighted by atomic mass is 28.3. The van der Waals surface area contributed by atoms with Gasteiger partial charge in [0.25, 0.3) is 0 Å². The van der Waals surface area contributed by atoms with E-state index >= 15 is 0 Å². The van der Waals surface area contributed by atoms with Crippen molar-refractivity contribution < 1.29 is 9.53 Å². The van der Waals surface area contributed by atoms with Gasteiger partial charge in [0.15, 0.2) is 0 Å². The van der Waals surface area contributed by atoms with Gasteiger partial charge in [0.05, 0.1) is 20.6 Å². The number of esters is 1. The van der Waals surface area contributed by atoms with Crippen LogP contribution in [0.25, 0.3) is 0 Å². The van der Waals surface area contributed by atoms with Crippen molar-refractivity contribution in [2.75, 3.05) is 7.11 Å². The Bertz CT molecular complexity index is 709. The van der Waals surface area contributed by atoms with Crippen LogP contribution in [-0.2, 0) is 9.53 Å². The van der Waals surface area contributed by atoms with Crippen LogP contribution in [0.2, 0.25) is 13.1 Å². The molecule has 0 saturated heterocycles. The van der Waals surface area contributed by atoms with E-state index in [0.29, 0.717) is 6.42 Å². The standard InChI is InChI=1S/C22H28O2Si/c1-6-17-22(2,21(23)24-3)20(18-13-9-7-10-14-18)25(4,5)19-15-11-8-12-16-19/h6-16,20H,1,17H2,2-5H3/t20-,22?/m0/s1. The summed E-state index contributed by atoms with van der Waals surface area (Å²) >= 11 is 0. The van der Waals surface area contributed by atoms with E-state index in [-0.39, 0.29) is 11.5 Å². The highest BCUT2D eigenvalue weighted by molar-refractivity contribution is 6.91. The molecule has 2 atom stereocenters. The minimum Gasteiger partial charge on any atom is -0.469 e. The quantitative estimate of drug-likeness (QED) is 0.411. The van der Waals surface area contributed by atoms with Crippen LogP contribution in [0.3, 0.4) is 0 Å². The van der Waals surface area contributed by atoms with Crippen LogP contribution in [0.5, 0.6) is 0 Å². The van der Waals surface area contributed by atoms with E-state index < -0.39 is 13.5 Å². The molecule has 0 amide bonds. The fourth-order valence-electron chi connectivity index (χ4n) is 4.11. The van der Waals surface area contributed by atoms with E-state index in [1.54, 1.807) is 0 Å². The smallest absolute Gasteiger partial charge is 0.312 e. The molecule has 2 aromatic carbocycles. The van der Waals surface area contributed by atoms with Crippen LogP contribution < -0.4 is 5.19 Å². The summed E-state index contributed by atoms with van der Waals surface area (Å²) in [6.45, 7) is 10.6. The first-order valence-electron chi connectivity index (χ1n) is 8.67. The molecule has 0 N–H and O–H groups in total. The summed E-state index contributed by atoms with van der Waals surface area (Å²) in [5.74, 6) is -0.169. The lowest BCUT2D eigenvalue weighted by atomic mass is 9.79. The maximum Gasteiger partial charge on any atom is 0.312 e. The van der Waals surface area contributed by atoms with E-state index in [0.717, 1.165) is 0 Å². The molecule has 2 nitrogen and oxygen atoms in total. The van der Waals surface area contributed by atoms with Gasteiger partial charge in [0.1, 0.15) is 0 Å². The van der Waals surface area contributed by atoms with Crippen LogP contribution in [0.4, 0.5) is 0 Å². The van der Waals surface area contributed by atoms with E-state index in [1.165, 1.54) is 17.9 Å². The second-order valence-corrected chi connectivity index (χ2v) is 11.9. The number of hydrogen-bond acceptors (Lipinski definition) is 2. The molecular formula is C22H28O2Si. The molecule has 132 valence electrons. The Balaban J connectivity index is 2.69. The molecule has 25 heavy (non-hydrogen) atoms. The summed E-state index contributed by atoms with van der Waals surface area (Å²) in [7, 11) is -0.575. The largest absolute Gasteiger partial charge is 0.469 e. The number of rotatable bonds is 7. The Morgan fingerprint density at radius 3 is 2.12 bits per heavy atom. The second-order valence-electron chi connectivity index (χ2n) is 7.33. The number of methoxy groups -OCH3 is 1. The van der Waals surface area contributed by atoms with Gasteiger partial charge >= 0.3 is 5.97 Å². The van der Waals surface area contributed by atoms with Gasteiger partial charge in [-0.1, -0.05) is 85.0 Å². The lowest BCUT2D eigenvalue weighted by Crippen LogP contribution is -2.55. The molecule has 0 saturated carbocycles. The number of ether oxygens (including phenoxy) is 1. The van der Waals surface area contributed by atoms with E-state index in [9.17, 15) is 4.79 Å². The zero-order valence-corrected chi connectivity index (χ0v) is 16.7. The molecule has 0 bridgehead atoms. The summed E-state index contributed by atoms with van der Waals surface area (Å²) in [4.78, 5) is 12.9.